The maximum absolute atomic E-state index is 11.6. The summed E-state index contributed by atoms with van der Waals surface area (Å²) in [5.41, 5.74) is 0. The van der Waals surface area contributed by atoms with E-state index in [0.29, 0.717) is 11.3 Å². The van der Waals surface area contributed by atoms with E-state index in [1.54, 1.807) is 0 Å². The minimum absolute atomic E-state index is 0.119. The first-order valence-corrected chi connectivity index (χ1v) is 9.77. The van der Waals surface area contributed by atoms with Crippen molar-refractivity contribution in [3.8, 4) is 0 Å². The molecule has 0 radical (unpaired) electrons. The van der Waals surface area contributed by atoms with Crippen molar-refractivity contribution in [2.24, 2.45) is 0 Å². The summed E-state index contributed by atoms with van der Waals surface area (Å²) < 4.78 is 11.6. The van der Waals surface area contributed by atoms with Crippen molar-refractivity contribution >= 4 is 19.4 Å². The summed E-state index contributed by atoms with van der Waals surface area (Å²) in [6.07, 6.45) is 9.55. The van der Waals surface area contributed by atoms with Crippen LogP contribution in [-0.2, 0) is 14.2 Å². The molecule has 0 spiro atoms. The van der Waals surface area contributed by atoms with Crippen molar-refractivity contribution < 1.29 is 29.0 Å². The van der Waals surface area contributed by atoms with Crippen LogP contribution in [0, 0.1) is 0 Å². The third-order valence-corrected chi connectivity index (χ3v) is 5.17. The van der Waals surface area contributed by atoms with Crippen molar-refractivity contribution in [3.63, 3.8) is 0 Å². The summed E-state index contributed by atoms with van der Waals surface area (Å²) in [5, 5.41) is 8.66. The molecule has 23 heavy (non-hydrogen) atoms. The van der Waals surface area contributed by atoms with Gasteiger partial charge >= 0.3 is 7.60 Å². The van der Waals surface area contributed by atoms with Gasteiger partial charge in [0.1, 0.15) is 5.78 Å². The van der Waals surface area contributed by atoms with Crippen molar-refractivity contribution in [2.45, 2.75) is 63.6 Å². The van der Waals surface area contributed by atoms with Crippen LogP contribution >= 0.6 is 7.60 Å². The Morgan fingerprint density at radius 1 is 0.870 bits per heavy atom. The van der Waals surface area contributed by atoms with Crippen LogP contribution < -0.4 is 0 Å². The fraction of sp³-hybridized carbons (Fsp3) is 0.733. The van der Waals surface area contributed by atoms with Gasteiger partial charge in [-0.1, -0.05) is 44.9 Å². The Hall–Kier alpha value is -1.01. The maximum Gasteiger partial charge on any atom is 0.348 e. The number of hydrogen-bond donors (Lipinski definition) is 3. The Labute approximate surface area is 136 Å². The number of nitrogens with zero attached hydrogens (tertiary/aromatic N) is 1. The first kappa shape index (κ1) is 20.0. The summed E-state index contributed by atoms with van der Waals surface area (Å²) >= 11 is 0. The molecule has 0 fully saturated rings. The molecule has 132 valence electrons. The monoisotopic (exact) mass is 347 g/mol. The molecule has 1 atom stereocenters. The number of aliphatic hydroxyl groups is 1. The van der Waals surface area contributed by atoms with Crippen LogP contribution in [0.25, 0.3) is 0 Å². The number of hydrogen-bond acceptors (Lipinski definition) is 4. The minimum Gasteiger partial charge on any atom is -0.396 e. The van der Waals surface area contributed by atoms with Gasteiger partial charge in [0.25, 0.3) is 11.8 Å². The van der Waals surface area contributed by atoms with Gasteiger partial charge < -0.3 is 14.9 Å². The normalized spacial score (nSPS) is 16.4. The van der Waals surface area contributed by atoms with E-state index < -0.39 is 25.2 Å². The lowest BCUT2D eigenvalue weighted by Gasteiger charge is -2.26. The Morgan fingerprint density at radius 2 is 1.30 bits per heavy atom. The highest BCUT2D eigenvalue weighted by Crippen LogP contribution is 2.46. The van der Waals surface area contributed by atoms with E-state index in [1.807, 2.05) is 0 Å². The Kier molecular flexibility index (Phi) is 8.69. The van der Waals surface area contributed by atoms with Crippen LogP contribution in [-0.4, -0.2) is 44.0 Å². The Morgan fingerprint density at radius 3 is 1.74 bits per heavy atom. The molecule has 1 unspecified atom stereocenters. The lowest BCUT2D eigenvalue weighted by Crippen LogP contribution is -2.39. The predicted molar refractivity (Wildman–Crippen MR) is 85.5 cm³/mol. The molecule has 1 rings (SSSR count). The highest BCUT2D eigenvalue weighted by molar-refractivity contribution is 7.52. The van der Waals surface area contributed by atoms with E-state index in [-0.39, 0.29) is 13.0 Å². The van der Waals surface area contributed by atoms with Crippen molar-refractivity contribution in [3.05, 3.63) is 12.2 Å². The zero-order valence-electron chi connectivity index (χ0n) is 13.3. The van der Waals surface area contributed by atoms with Crippen LogP contribution in [0.4, 0.5) is 0 Å². The van der Waals surface area contributed by atoms with Gasteiger partial charge in [0, 0.05) is 18.8 Å². The lowest BCUT2D eigenvalue weighted by atomic mass is 10.1. The average Bonchev–Trinajstić information content (AvgIpc) is 2.79. The molecule has 0 aromatic heterocycles. The molecule has 0 bridgehead atoms. The number of imide groups is 1. The van der Waals surface area contributed by atoms with Gasteiger partial charge in [0.05, 0.1) is 0 Å². The first-order chi connectivity index (χ1) is 10.9. The van der Waals surface area contributed by atoms with E-state index in [2.05, 4.69) is 0 Å². The number of aliphatic hydroxyl groups excluding tert-OH is 1. The molecule has 0 saturated carbocycles. The molecular weight excluding hydrogens is 321 g/mol. The van der Waals surface area contributed by atoms with Gasteiger partial charge in [0.15, 0.2) is 0 Å². The van der Waals surface area contributed by atoms with Gasteiger partial charge in [-0.15, -0.1) is 0 Å². The smallest absolute Gasteiger partial charge is 0.348 e. The van der Waals surface area contributed by atoms with Gasteiger partial charge in [-0.3, -0.25) is 19.1 Å². The van der Waals surface area contributed by atoms with Crippen molar-refractivity contribution in [1.29, 1.82) is 0 Å². The molecule has 0 aliphatic carbocycles. The Bertz CT molecular complexity index is 455. The highest BCUT2D eigenvalue weighted by atomic mass is 31.2. The number of carbonyl (C=O) groups excluding carboxylic acids is 2. The summed E-state index contributed by atoms with van der Waals surface area (Å²) in [5.74, 6) is -2.68. The van der Waals surface area contributed by atoms with Crippen molar-refractivity contribution in [2.75, 3.05) is 6.61 Å². The van der Waals surface area contributed by atoms with Crippen LogP contribution in [0.1, 0.15) is 57.8 Å². The van der Waals surface area contributed by atoms with Gasteiger partial charge in [-0.05, 0) is 12.8 Å². The number of rotatable bonds is 12. The second-order valence-electron chi connectivity index (χ2n) is 5.79. The molecule has 0 aromatic carbocycles. The van der Waals surface area contributed by atoms with E-state index in [9.17, 15) is 23.9 Å². The second-order valence-corrected chi connectivity index (χ2v) is 7.56. The molecule has 8 heteroatoms. The van der Waals surface area contributed by atoms with Crippen LogP contribution in [0.2, 0.25) is 0 Å². The standard InChI is InChI=1S/C15H26NO6P/c17-12-8-6-4-2-1-3-5-7-9-15(23(20,21)22)16-13(18)10-11-14(16)19/h10-11,15,17H,1-9,12H2,(H2,20,21,22). The topological polar surface area (TPSA) is 115 Å². The summed E-state index contributed by atoms with van der Waals surface area (Å²) in [7, 11) is -4.55. The minimum atomic E-state index is -4.55. The highest BCUT2D eigenvalue weighted by Gasteiger charge is 2.41. The summed E-state index contributed by atoms with van der Waals surface area (Å²) in [6, 6.07) is 0. The second kappa shape index (κ2) is 9.98. The SMILES string of the molecule is O=C1C=CC(=O)N1C(CCCCCCCCCCO)P(=O)(O)O. The Balaban J connectivity index is 2.30. The van der Waals surface area contributed by atoms with Crippen LogP contribution in [0.5, 0.6) is 0 Å². The summed E-state index contributed by atoms with van der Waals surface area (Å²) in [6.45, 7) is 0.229. The quantitative estimate of drug-likeness (QED) is 0.282. The fourth-order valence-corrected chi connectivity index (χ4v) is 3.70. The van der Waals surface area contributed by atoms with Crippen LogP contribution in [0.15, 0.2) is 12.2 Å². The zero-order chi connectivity index (χ0) is 17.3. The van der Waals surface area contributed by atoms with Gasteiger partial charge in [-0.2, -0.15) is 0 Å². The molecule has 3 N–H and O–H groups in total. The molecule has 0 saturated heterocycles. The van der Waals surface area contributed by atoms with E-state index in [4.69, 9.17) is 5.11 Å². The zero-order valence-corrected chi connectivity index (χ0v) is 14.2. The van der Waals surface area contributed by atoms with E-state index in [0.717, 1.165) is 57.1 Å². The van der Waals surface area contributed by atoms with Gasteiger partial charge in [-0.25, -0.2) is 0 Å². The molecule has 0 aromatic rings. The molecule has 1 aliphatic rings. The largest absolute Gasteiger partial charge is 0.396 e. The first-order valence-electron chi connectivity index (χ1n) is 8.09. The molecule has 1 aliphatic heterocycles. The molecule has 7 nitrogen and oxygen atoms in total. The van der Waals surface area contributed by atoms with E-state index in [1.165, 1.54) is 0 Å². The number of carbonyl (C=O) groups is 2. The van der Waals surface area contributed by atoms with Crippen LogP contribution in [0.3, 0.4) is 0 Å². The average molecular weight is 347 g/mol. The third kappa shape index (κ3) is 6.96. The number of amides is 2. The van der Waals surface area contributed by atoms with Crippen molar-refractivity contribution in [1.82, 2.24) is 4.90 Å². The number of unbranched alkanes of at least 4 members (excludes halogenated alkanes) is 7. The van der Waals surface area contributed by atoms with Gasteiger partial charge in [0.2, 0.25) is 0 Å². The molecular formula is C15H26NO6P. The van der Waals surface area contributed by atoms with E-state index >= 15 is 0 Å². The fourth-order valence-electron chi connectivity index (χ4n) is 2.65. The predicted octanol–water partition coefficient (Wildman–Crippen LogP) is 1.92. The maximum atomic E-state index is 11.6. The lowest BCUT2D eigenvalue weighted by molar-refractivity contribution is -0.138. The molecule has 2 amide bonds. The molecule has 1 heterocycles. The third-order valence-electron chi connectivity index (χ3n) is 3.90. The summed E-state index contributed by atoms with van der Waals surface area (Å²) in [4.78, 5) is 42.7.